The first-order valence-electron chi connectivity index (χ1n) is 13.1. The average Bonchev–Trinajstić information content (AvgIpc) is 2.83. The molecule has 1 aromatic heterocycles. The average molecular weight is 516 g/mol. The maximum Gasteiger partial charge on any atom is 0.340 e. The first-order valence-corrected chi connectivity index (χ1v) is 13.1. The fourth-order valence-electron chi connectivity index (χ4n) is 4.85. The number of piperidine rings is 1. The third-order valence-corrected chi connectivity index (χ3v) is 7.05. The molecule has 3 aromatic rings. The van der Waals surface area contributed by atoms with Gasteiger partial charge in [-0.25, -0.2) is 4.79 Å². The van der Waals surface area contributed by atoms with Crippen molar-refractivity contribution in [2.75, 3.05) is 23.3 Å². The van der Waals surface area contributed by atoms with Crippen molar-refractivity contribution in [3.05, 3.63) is 68.9 Å². The first-order chi connectivity index (χ1) is 17.8. The molecule has 0 amide bonds. The van der Waals surface area contributed by atoms with Crippen LogP contribution in [0.15, 0.2) is 45.6 Å². The van der Waals surface area contributed by atoms with E-state index < -0.39 is 11.6 Å². The highest BCUT2D eigenvalue weighted by molar-refractivity contribution is 5.96. The molecule has 1 aliphatic heterocycles. The quantitative estimate of drug-likeness (QED) is 0.376. The van der Waals surface area contributed by atoms with E-state index in [4.69, 9.17) is 9.15 Å². The Balaban J connectivity index is 1.78. The molecule has 1 saturated heterocycles. The number of anilines is 2. The lowest BCUT2D eigenvalue weighted by molar-refractivity contribution is 0.00706. The van der Waals surface area contributed by atoms with Crippen LogP contribution in [0.3, 0.4) is 0 Å². The second-order valence-corrected chi connectivity index (χ2v) is 12.0. The molecule has 0 spiro atoms. The molecule has 38 heavy (non-hydrogen) atoms. The van der Waals surface area contributed by atoms with Crippen molar-refractivity contribution >= 4 is 28.5 Å². The van der Waals surface area contributed by atoms with E-state index in [-0.39, 0.29) is 22.4 Å². The maximum absolute atomic E-state index is 13.5. The number of benzene rings is 2. The third-order valence-electron chi connectivity index (χ3n) is 7.05. The zero-order valence-corrected chi connectivity index (χ0v) is 23.4. The largest absolute Gasteiger partial charge is 0.456 e. The molecule has 200 valence electrons. The van der Waals surface area contributed by atoms with Gasteiger partial charge < -0.3 is 19.4 Å². The zero-order valence-electron chi connectivity index (χ0n) is 23.4. The lowest BCUT2D eigenvalue weighted by Gasteiger charge is -2.37. The lowest BCUT2D eigenvalue weighted by atomic mass is 9.82. The second-order valence-electron chi connectivity index (χ2n) is 12.0. The molecular weight excluding hydrogens is 478 g/mol. The molecule has 7 nitrogen and oxygen atoms in total. The fraction of sp³-hybridized carbons (Fsp3) is 0.452. The van der Waals surface area contributed by atoms with Crippen molar-refractivity contribution in [3.63, 3.8) is 0 Å². The Morgan fingerprint density at radius 2 is 1.84 bits per heavy atom. The van der Waals surface area contributed by atoms with Crippen LogP contribution in [-0.4, -0.2) is 24.7 Å². The van der Waals surface area contributed by atoms with E-state index in [1.807, 2.05) is 57.7 Å². The molecule has 1 unspecified atom stereocenters. The summed E-state index contributed by atoms with van der Waals surface area (Å²) in [6, 6.07) is 12.8. The number of esters is 1. The third kappa shape index (κ3) is 5.70. The van der Waals surface area contributed by atoms with Gasteiger partial charge in [-0.15, -0.1) is 0 Å². The van der Waals surface area contributed by atoms with Gasteiger partial charge in [0.15, 0.2) is 5.56 Å². The molecule has 0 bridgehead atoms. The number of hydrogen-bond donors (Lipinski definition) is 1. The number of carbonyl (C=O) groups is 1. The van der Waals surface area contributed by atoms with Gasteiger partial charge in [0.25, 0.3) is 0 Å². The van der Waals surface area contributed by atoms with Crippen molar-refractivity contribution in [2.24, 2.45) is 5.41 Å². The summed E-state index contributed by atoms with van der Waals surface area (Å²) in [6.45, 7) is 15.3. The van der Waals surface area contributed by atoms with Crippen LogP contribution in [0.4, 0.5) is 11.6 Å². The van der Waals surface area contributed by atoms with Crippen molar-refractivity contribution in [1.29, 1.82) is 5.26 Å². The molecule has 1 fully saturated rings. The minimum atomic E-state index is -0.621. The standard InChI is InChI=1S/C31H37N3O4/c1-19-16-22(20(2)33-25-11-9-8-10-21(25)29(36)38-30(3,4)5)27-23(17-19)26(35)24(18-32)28(37-27)34-14-12-31(6,7)13-15-34/h8-11,16-17,20,33H,12-15H2,1-7H3. The van der Waals surface area contributed by atoms with E-state index >= 15 is 0 Å². The van der Waals surface area contributed by atoms with Crippen LogP contribution in [0.2, 0.25) is 0 Å². The molecule has 7 heteroatoms. The van der Waals surface area contributed by atoms with Gasteiger partial charge in [-0.2, -0.15) is 5.26 Å². The van der Waals surface area contributed by atoms with Crippen molar-refractivity contribution in [2.45, 2.75) is 73.0 Å². The molecule has 2 aromatic carbocycles. The Morgan fingerprint density at radius 1 is 1.18 bits per heavy atom. The summed E-state index contributed by atoms with van der Waals surface area (Å²) in [6.07, 6.45) is 1.89. The minimum absolute atomic E-state index is 0.0460. The molecule has 0 aliphatic carbocycles. The van der Waals surface area contributed by atoms with Crippen LogP contribution < -0.4 is 15.6 Å². The molecular formula is C31H37N3O4. The second kappa shape index (κ2) is 10.2. The Labute approximate surface area is 224 Å². The highest BCUT2D eigenvalue weighted by atomic mass is 16.6. The maximum atomic E-state index is 13.5. The summed E-state index contributed by atoms with van der Waals surface area (Å²) >= 11 is 0. The fourth-order valence-corrected chi connectivity index (χ4v) is 4.85. The highest BCUT2D eigenvalue weighted by Crippen LogP contribution is 2.36. The molecule has 0 saturated carbocycles. The Kier molecular flexibility index (Phi) is 7.29. The molecule has 1 atom stereocenters. The van der Waals surface area contributed by atoms with Crippen LogP contribution in [0, 0.1) is 23.7 Å². The number of nitrogens with one attached hydrogen (secondary N) is 1. The number of nitrogens with zero attached hydrogens (tertiary/aromatic N) is 2. The monoisotopic (exact) mass is 515 g/mol. The zero-order chi connectivity index (χ0) is 27.8. The molecule has 4 rings (SSSR count). The van der Waals surface area contributed by atoms with Gasteiger partial charge in [0, 0.05) is 24.3 Å². The van der Waals surface area contributed by atoms with Gasteiger partial charge in [-0.05, 0) is 76.6 Å². The summed E-state index contributed by atoms with van der Waals surface area (Å²) < 4.78 is 12.0. The lowest BCUT2D eigenvalue weighted by Crippen LogP contribution is -2.38. The van der Waals surface area contributed by atoms with Crippen LogP contribution in [0.25, 0.3) is 11.0 Å². The number of carbonyl (C=O) groups excluding carboxylic acids is 1. The van der Waals surface area contributed by atoms with Gasteiger partial charge in [0.1, 0.15) is 17.3 Å². The van der Waals surface area contributed by atoms with Crippen LogP contribution in [-0.2, 0) is 4.74 Å². The normalized spacial score (nSPS) is 16.1. The smallest absolute Gasteiger partial charge is 0.340 e. The van der Waals surface area contributed by atoms with Crippen molar-refractivity contribution in [3.8, 4) is 6.07 Å². The topological polar surface area (TPSA) is 95.6 Å². The van der Waals surface area contributed by atoms with Gasteiger partial charge in [-0.3, -0.25) is 4.79 Å². The summed E-state index contributed by atoms with van der Waals surface area (Å²) in [7, 11) is 0. The van der Waals surface area contributed by atoms with Gasteiger partial charge in [0.2, 0.25) is 11.3 Å². The predicted octanol–water partition coefficient (Wildman–Crippen LogP) is 6.73. The van der Waals surface area contributed by atoms with Crippen molar-refractivity contribution < 1.29 is 13.9 Å². The molecule has 2 heterocycles. The number of rotatable bonds is 5. The van der Waals surface area contributed by atoms with E-state index in [2.05, 4.69) is 25.2 Å². The Bertz CT molecular complexity index is 1460. The van der Waals surface area contributed by atoms with Crippen LogP contribution in [0.1, 0.15) is 87.5 Å². The minimum Gasteiger partial charge on any atom is -0.456 e. The first kappa shape index (κ1) is 27.3. The van der Waals surface area contributed by atoms with E-state index in [9.17, 15) is 14.9 Å². The number of nitriles is 1. The van der Waals surface area contributed by atoms with Gasteiger partial charge in [-0.1, -0.05) is 32.0 Å². The number of para-hydroxylation sites is 1. The SMILES string of the molecule is Cc1cc(C(C)Nc2ccccc2C(=O)OC(C)(C)C)c2oc(N3CCC(C)(C)CC3)c(C#N)c(=O)c2c1. The highest BCUT2D eigenvalue weighted by Gasteiger charge is 2.30. The number of aryl methyl sites for hydroxylation is 1. The number of ether oxygens (including phenoxy) is 1. The molecule has 1 N–H and O–H groups in total. The van der Waals surface area contributed by atoms with E-state index in [1.54, 1.807) is 18.2 Å². The van der Waals surface area contributed by atoms with Crippen LogP contribution in [0.5, 0.6) is 0 Å². The van der Waals surface area contributed by atoms with E-state index in [0.29, 0.717) is 41.2 Å². The van der Waals surface area contributed by atoms with E-state index in [0.717, 1.165) is 24.0 Å². The summed E-state index contributed by atoms with van der Waals surface area (Å²) in [5, 5.41) is 13.7. The van der Waals surface area contributed by atoms with Crippen LogP contribution >= 0.6 is 0 Å². The summed E-state index contributed by atoms with van der Waals surface area (Å²) in [5.41, 5.74) is 2.48. The molecule has 1 aliphatic rings. The predicted molar refractivity (Wildman–Crippen MR) is 151 cm³/mol. The Hall–Kier alpha value is -3.79. The number of fused-ring (bicyclic) bond motifs is 1. The van der Waals surface area contributed by atoms with Gasteiger partial charge >= 0.3 is 5.97 Å². The van der Waals surface area contributed by atoms with Gasteiger partial charge in [0.05, 0.1) is 17.0 Å². The van der Waals surface area contributed by atoms with Crippen molar-refractivity contribution in [1.82, 2.24) is 0 Å². The number of hydrogen-bond acceptors (Lipinski definition) is 7. The summed E-state index contributed by atoms with van der Waals surface area (Å²) in [4.78, 5) is 28.4. The van der Waals surface area contributed by atoms with E-state index in [1.165, 1.54) is 0 Å². The Morgan fingerprint density at radius 3 is 2.47 bits per heavy atom. The summed E-state index contributed by atoms with van der Waals surface area (Å²) in [5.74, 6) is -0.0747. The molecule has 0 radical (unpaired) electrons.